The van der Waals surface area contributed by atoms with Crippen molar-refractivity contribution in [3.63, 3.8) is 0 Å². The van der Waals surface area contributed by atoms with Gasteiger partial charge in [0.2, 0.25) is 0 Å². The van der Waals surface area contributed by atoms with Gasteiger partial charge >= 0.3 is 0 Å². The van der Waals surface area contributed by atoms with Crippen molar-refractivity contribution in [1.82, 2.24) is 9.97 Å². The number of ketones is 1. The van der Waals surface area contributed by atoms with Crippen molar-refractivity contribution >= 4 is 17.1 Å². The Kier molecular flexibility index (Phi) is 3.21. The molecular weight excluding hydrogens is 268 g/mol. The van der Waals surface area contributed by atoms with E-state index >= 15 is 0 Å². The summed E-state index contributed by atoms with van der Waals surface area (Å²) in [5, 5.41) is 0.959. The first-order valence-electron chi connectivity index (χ1n) is 6.96. The third kappa shape index (κ3) is 2.29. The summed E-state index contributed by atoms with van der Waals surface area (Å²) in [6, 6.07) is 2.00. The highest BCUT2D eigenvalue weighted by atomic mass is 32.1. The molecule has 104 valence electrons. The van der Waals surface area contributed by atoms with Gasteiger partial charge < -0.3 is 0 Å². The van der Waals surface area contributed by atoms with Gasteiger partial charge in [-0.25, -0.2) is 4.98 Å². The van der Waals surface area contributed by atoms with E-state index < -0.39 is 0 Å². The fourth-order valence-corrected chi connectivity index (χ4v) is 3.83. The predicted octanol–water partition coefficient (Wildman–Crippen LogP) is 3.92. The maximum atomic E-state index is 12.3. The van der Waals surface area contributed by atoms with Crippen molar-refractivity contribution in [2.75, 3.05) is 0 Å². The van der Waals surface area contributed by atoms with Gasteiger partial charge in [-0.15, -0.1) is 11.3 Å². The number of thiazole rings is 1. The maximum Gasteiger partial charge on any atom is 0.175 e. The van der Waals surface area contributed by atoms with Crippen LogP contribution in [0.1, 0.15) is 48.1 Å². The molecule has 0 fully saturated rings. The molecule has 4 heteroatoms. The smallest absolute Gasteiger partial charge is 0.175 e. The van der Waals surface area contributed by atoms with Gasteiger partial charge in [0.25, 0.3) is 0 Å². The van der Waals surface area contributed by atoms with Crippen LogP contribution in [0.5, 0.6) is 0 Å². The Balaban J connectivity index is 2.08. The van der Waals surface area contributed by atoms with E-state index in [1.54, 1.807) is 6.20 Å². The number of carbonyl (C=O) groups excluding carboxylic acids is 1. The Morgan fingerprint density at radius 3 is 2.90 bits per heavy atom. The van der Waals surface area contributed by atoms with Gasteiger partial charge in [0.05, 0.1) is 10.6 Å². The average molecular weight is 286 g/mol. The summed E-state index contributed by atoms with van der Waals surface area (Å²) in [6.45, 7) is 6.38. The first-order valence-corrected chi connectivity index (χ1v) is 7.78. The number of hydrogen-bond acceptors (Lipinski definition) is 4. The minimum atomic E-state index is 0.0290. The Morgan fingerprint density at radius 2 is 2.15 bits per heavy atom. The fourth-order valence-electron chi connectivity index (χ4n) is 2.75. The summed E-state index contributed by atoms with van der Waals surface area (Å²) in [7, 11) is 0. The van der Waals surface area contributed by atoms with E-state index in [9.17, 15) is 4.79 Å². The zero-order valence-corrected chi connectivity index (χ0v) is 12.9. The van der Waals surface area contributed by atoms with Crippen LogP contribution in [-0.4, -0.2) is 15.8 Å². The van der Waals surface area contributed by atoms with E-state index in [0.717, 1.165) is 34.0 Å². The third-order valence-electron chi connectivity index (χ3n) is 3.75. The first kappa shape index (κ1) is 13.4. The van der Waals surface area contributed by atoms with Gasteiger partial charge in [0.15, 0.2) is 5.78 Å². The van der Waals surface area contributed by atoms with Crippen LogP contribution in [0.4, 0.5) is 0 Å². The molecule has 2 aromatic heterocycles. The van der Waals surface area contributed by atoms with Crippen LogP contribution in [0.25, 0.3) is 10.6 Å². The minimum Gasteiger partial charge on any atom is -0.293 e. The van der Waals surface area contributed by atoms with Crippen LogP contribution >= 0.6 is 11.3 Å². The van der Waals surface area contributed by atoms with Gasteiger partial charge in [0.1, 0.15) is 5.01 Å². The van der Waals surface area contributed by atoms with Crippen molar-refractivity contribution in [2.24, 2.45) is 5.41 Å². The lowest BCUT2D eigenvalue weighted by atomic mass is 9.78. The molecule has 0 aromatic carbocycles. The highest BCUT2D eigenvalue weighted by molar-refractivity contribution is 7.17. The van der Waals surface area contributed by atoms with E-state index in [4.69, 9.17) is 4.98 Å². The molecule has 0 aliphatic heterocycles. The van der Waals surface area contributed by atoms with Crippen molar-refractivity contribution in [2.45, 2.75) is 40.0 Å². The quantitative estimate of drug-likeness (QED) is 0.840. The Bertz CT molecular complexity index is 673. The van der Waals surface area contributed by atoms with Gasteiger partial charge in [0, 0.05) is 24.4 Å². The molecule has 3 nitrogen and oxygen atoms in total. The van der Waals surface area contributed by atoms with E-state index in [1.807, 2.05) is 12.3 Å². The van der Waals surface area contributed by atoms with Crippen molar-refractivity contribution < 1.29 is 4.79 Å². The molecule has 0 bridgehead atoms. The molecule has 1 aliphatic carbocycles. The van der Waals surface area contributed by atoms with Gasteiger partial charge in [-0.05, 0) is 29.9 Å². The standard InChI is InChI=1S/C16H18N2OS/c1-4-10-9-17-6-5-11(10)15-18-12-7-16(2,3)8-13(19)14(12)20-15/h5-6,9H,4,7-8H2,1-3H3. The normalized spacial score (nSPS) is 17.1. The molecule has 0 amide bonds. The molecule has 0 spiro atoms. The minimum absolute atomic E-state index is 0.0290. The second-order valence-electron chi connectivity index (χ2n) is 6.12. The highest BCUT2D eigenvalue weighted by Gasteiger charge is 2.34. The van der Waals surface area contributed by atoms with E-state index in [2.05, 4.69) is 25.8 Å². The lowest BCUT2D eigenvalue weighted by Gasteiger charge is -2.26. The molecule has 0 N–H and O–H groups in total. The van der Waals surface area contributed by atoms with Crippen molar-refractivity contribution in [3.8, 4) is 10.6 Å². The van der Waals surface area contributed by atoms with Crippen molar-refractivity contribution in [3.05, 3.63) is 34.6 Å². The molecule has 3 rings (SSSR count). The van der Waals surface area contributed by atoms with Gasteiger partial charge in [-0.1, -0.05) is 20.8 Å². The zero-order valence-electron chi connectivity index (χ0n) is 12.1. The van der Waals surface area contributed by atoms with E-state index in [1.165, 1.54) is 16.9 Å². The molecule has 0 atom stereocenters. The number of Topliss-reactive ketones (excluding diaryl/α,β-unsaturated/α-hetero) is 1. The third-order valence-corrected chi connectivity index (χ3v) is 4.92. The van der Waals surface area contributed by atoms with E-state index in [-0.39, 0.29) is 11.2 Å². The van der Waals surface area contributed by atoms with Gasteiger partial charge in [-0.3, -0.25) is 9.78 Å². The molecule has 1 aliphatic rings. The number of carbonyl (C=O) groups is 1. The Labute approximate surface area is 123 Å². The zero-order chi connectivity index (χ0) is 14.3. The van der Waals surface area contributed by atoms with Crippen LogP contribution in [0, 0.1) is 5.41 Å². The fraction of sp³-hybridized carbons (Fsp3) is 0.438. The number of aromatic nitrogens is 2. The van der Waals surface area contributed by atoms with Crippen molar-refractivity contribution in [1.29, 1.82) is 0 Å². The second kappa shape index (κ2) is 4.77. The molecule has 0 radical (unpaired) electrons. The number of aryl methyl sites for hydroxylation is 1. The molecule has 2 heterocycles. The topological polar surface area (TPSA) is 42.9 Å². The summed E-state index contributed by atoms with van der Waals surface area (Å²) in [4.78, 5) is 22.0. The van der Waals surface area contributed by atoms with Crippen LogP contribution < -0.4 is 0 Å². The summed E-state index contributed by atoms with van der Waals surface area (Å²) in [5.41, 5.74) is 3.31. The molecular formula is C16H18N2OS. The molecule has 0 saturated heterocycles. The molecule has 20 heavy (non-hydrogen) atoms. The summed E-state index contributed by atoms with van der Waals surface area (Å²) < 4.78 is 0. The van der Waals surface area contributed by atoms with Crippen LogP contribution in [0.2, 0.25) is 0 Å². The largest absolute Gasteiger partial charge is 0.293 e. The van der Waals surface area contributed by atoms with Crippen LogP contribution in [0.3, 0.4) is 0 Å². The lowest BCUT2D eigenvalue weighted by Crippen LogP contribution is -2.25. The van der Waals surface area contributed by atoms with E-state index in [0.29, 0.717) is 6.42 Å². The van der Waals surface area contributed by atoms with Crippen LogP contribution in [-0.2, 0) is 12.8 Å². The first-order chi connectivity index (χ1) is 9.50. The number of nitrogens with zero attached hydrogens (tertiary/aromatic N) is 2. The maximum absolute atomic E-state index is 12.3. The lowest BCUT2D eigenvalue weighted by molar-refractivity contribution is 0.0916. The molecule has 0 saturated carbocycles. The SMILES string of the molecule is CCc1cnccc1-c1nc2c(s1)C(=O)CC(C)(C)C2. The second-order valence-corrected chi connectivity index (χ2v) is 7.12. The number of hydrogen-bond donors (Lipinski definition) is 0. The number of fused-ring (bicyclic) bond motifs is 1. The Hall–Kier alpha value is -1.55. The summed E-state index contributed by atoms with van der Waals surface area (Å²) in [6.07, 6.45) is 6.12. The highest BCUT2D eigenvalue weighted by Crippen LogP contribution is 2.39. The summed E-state index contributed by atoms with van der Waals surface area (Å²) >= 11 is 1.54. The number of pyridine rings is 1. The van der Waals surface area contributed by atoms with Crippen LogP contribution in [0.15, 0.2) is 18.5 Å². The predicted molar refractivity (Wildman–Crippen MR) is 81.2 cm³/mol. The molecule has 0 unspecified atom stereocenters. The molecule has 2 aromatic rings. The summed E-state index contributed by atoms with van der Waals surface area (Å²) in [5.74, 6) is 0.243. The monoisotopic (exact) mass is 286 g/mol. The average Bonchev–Trinajstić information content (AvgIpc) is 2.81. The number of rotatable bonds is 2. The Morgan fingerprint density at radius 1 is 1.35 bits per heavy atom. The van der Waals surface area contributed by atoms with Gasteiger partial charge in [-0.2, -0.15) is 0 Å².